The van der Waals surface area contributed by atoms with Crippen LogP contribution in [0.1, 0.15) is 33.8 Å². The smallest absolute Gasteiger partial charge is 0.262 e. The van der Waals surface area contributed by atoms with Crippen LogP contribution in [0.25, 0.3) is 0 Å². The largest absolute Gasteiger partial charge is 0.482 e. The number of benzene rings is 1. The summed E-state index contributed by atoms with van der Waals surface area (Å²) in [4.78, 5) is 27.6. The molecule has 3 heterocycles. The summed E-state index contributed by atoms with van der Waals surface area (Å²) in [6.45, 7) is 2.80. The van der Waals surface area contributed by atoms with Crippen molar-refractivity contribution < 1.29 is 14.3 Å². The van der Waals surface area contributed by atoms with E-state index in [0.717, 1.165) is 6.42 Å². The molecule has 0 saturated carbocycles. The number of rotatable bonds is 1. The van der Waals surface area contributed by atoms with Gasteiger partial charge >= 0.3 is 0 Å². The number of nitrogens with one attached hydrogen (secondary N) is 1. The summed E-state index contributed by atoms with van der Waals surface area (Å²) in [5, 5.41) is 4.83. The molecule has 0 bridgehead atoms. The molecule has 0 fully saturated rings. The van der Waals surface area contributed by atoms with Gasteiger partial charge in [0.2, 0.25) is 0 Å². The van der Waals surface area contributed by atoms with Gasteiger partial charge in [0.15, 0.2) is 6.61 Å². The molecule has 0 aliphatic carbocycles. The van der Waals surface area contributed by atoms with E-state index in [1.54, 1.807) is 29.5 Å². The zero-order valence-corrected chi connectivity index (χ0v) is 13.5. The standard InChI is InChI=1S/C17H16N2O3S/c1-10-12-5-7-23-15(12)4-6-19(10)17(21)11-2-3-14-13(8-11)18-16(20)9-22-14/h2-3,5,7-8,10H,4,6,9H2,1H3,(H,18,20). The Morgan fingerprint density at radius 3 is 3.13 bits per heavy atom. The summed E-state index contributed by atoms with van der Waals surface area (Å²) >= 11 is 1.76. The third-order valence-electron chi connectivity index (χ3n) is 4.40. The van der Waals surface area contributed by atoms with Gasteiger partial charge in [-0.2, -0.15) is 0 Å². The number of thiophene rings is 1. The Morgan fingerprint density at radius 2 is 2.26 bits per heavy atom. The molecular formula is C17H16N2O3S. The van der Waals surface area contributed by atoms with Gasteiger partial charge < -0.3 is 15.0 Å². The van der Waals surface area contributed by atoms with Crippen molar-refractivity contribution in [3.8, 4) is 5.75 Å². The van der Waals surface area contributed by atoms with Crippen LogP contribution in [-0.2, 0) is 11.2 Å². The van der Waals surface area contributed by atoms with E-state index in [-0.39, 0.29) is 24.5 Å². The molecule has 4 rings (SSSR count). The lowest BCUT2D eigenvalue weighted by Crippen LogP contribution is -2.38. The number of hydrogen-bond acceptors (Lipinski definition) is 4. The Kier molecular flexibility index (Phi) is 3.34. The van der Waals surface area contributed by atoms with Crippen LogP contribution in [0, 0.1) is 0 Å². The Labute approximate surface area is 137 Å². The van der Waals surface area contributed by atoms with Gasteiger partial charge in [-0.15, -0.1) is 11.3 Å². The summed E-state index contributed by atoms with van der Waals surface area (Å²) in [5.41, 5.74) is 2.37. The Balaban J connectivity index is 1.63. The molecule has 118 valence electrons. The maximum atomic E-state index is 12.9. The first-order valence-corrected chi connectivity index (χ1v) is 8.45. The van der Waals surface area contributed by atoms with E-state index in [1.807, 2.05) is 4.90 Å². The minimum Gasteiger partial charge on any atom is -0.482 e. The number of amides is 2. The highest BCUT2D eigenvalue weighted by atomic mass is 32.1. The van der Waals surface area contributed by atoms with Gasteiger partial charge in [0.05, 0.1) is 11.7 Å². The maximum Gasteiger partial charge on any atom is 0.262 e. The van der Waals surface area contributed by atoms with Crippen molar-refractivity contribution in [2.45, 2.75) is 19.4 Å². The first kappa shape index (κ1) is 14.3. The molecule has 23 heavy (non-hydrogen) atoms. The fourth-order valence-corrected chi connectivity index (χ4v) is 4.13. The summed E-state index contributed by atoms with van der Waals surface area (Å²) in [6.07, 6.45) is 0.897. The minimum atomic E-state index is -0.198. The average Bonchev–Trinajstić information content (AvgIpc) is 3.03. The third-order valence-corrected chi connectivity index (χ3v) is 5.39. The van der Waals surface area contributed by atoms with Crippen molar-refractivity contribution in [2.75, 3.05) is 18.5 Å². The van der Waals surface area contributed by atoms with Crippen molar-refractivity contribution in [2.24, 2.45) is 0 Å². The van der Waals surface area contributed by atoms with Crippen molar-refractivity contribution >= 4 is 28.8 Å². The lowest BCUT2D eigenvalue weighted by atomic mass is 10.00. The first-order valence-electron chi connectivity index (χ1n) is 7.57. The molecule has 5 nitrogen and oxygen atoms in total. The number of ether oxygens (including phenoxy) is 1. The summed E-state index contributed by atoms with van der Waals surface area (Å²) in [7, 11) is 0. The highest BCUT2D eigenvalue weighted by molar-refractivity contribution is 7.10. The molecule has 0 spiro atoms. The predicted octanol–water partition coefficient (Wildman–Crippen LogP) is 2.84. The van der Waals surface area contributed by atoms with Crippen LogP contribution in [0.4, 0.5) is 5.69 Å². The van der Waals surface area contributed by atoms with Crippen molar-refractivity contribution in [1.29, 1.82) is 0 Å². The quantitative estimate of drug-likeness (QED) is 0.876. The molecule has 1 N–H and O–H groups in total. The molecule has 6 heteroatoms. The molecule has 1 atom stereocenters. The summed E-state index contributed by atoms with van der Waals surface area (Å²) < 4.78 is 5.34. The number of nitrogens with zero attached hydrogens (tertiary/aromatic N) is 1. The third kappa shape index (κ3) is 2.39. The fourth-order valence-electron chi connectivity index (χ4n) is 3.17. The molecule has 1 unspecified atom stereocenters. The zero-order valence-electron chi connectivity index (χ0n) is 12.7. The molecule has 2 aromatic rings. The van der Waals surface area contributed by atoms with Crippen LogP contribution in [0.2, 0.25) is 0 Å². The van der Waals surface area contributed by atoms with E-state index in [4.69, 9.17) is 4.74 Å². The van der Waals surface area contributed by atoms with E-state index >= 15 is 0 Å². The monoisotopic (exact) mass is 328 g/mol. The van der Waals surface area contributed by atoms with Crippen molar-refractivity contribution in [3.05, 3.63) is 45.6 Å². The van der Waals surface area contributed by atoms with Crippen LogP contribution < -0.4 is 10.1 Å². The van der Waals surface area contributed by atoms with Gasteiger partial charge in [0, 0.05) is 17.0 Å². The van der Waals surface area contributed by atoms with Crippen LogP contribution in [-0.4, -0.2) is 29.9 Å². The number of carbonyl (C=O) groups excluding carboxylic acids is 2. The molecule has 0 saturated heterocycles. The highest BCUT2D eigenvalue weighted by Gasteiger charge is 2.29. The van der Waals surface area contributed by atoms with E-state index in [2.05, 4.69) is 23.7 Å². The first-order chi connectivity index (χ1) is 11.1. The summed E-state index contributed by atoms with van der Waals surface area (Å²) in [5.74, 6) is 0.390. The topological polar surface area (TPSA) is 58.6 Å². The number of anilines is 1. The molecule has 1 aromatic heterocycles. The fraction of sp³-hybridized carbons (Fsp3) is 0.294. The van der Waals surface area contributed by atoms with Crippen molar-refractivity contribution in [3.63, 3.8) is 0 Å². The van der Waals surface area contributed by atoms with Crippen molar-refractivity contribution in [1.82, 2.24) is 4.90 Å². The lowest BCUT2D eigenvalue weighted by Gasteiger charge is -2.34. The van der Waals surface area contributed by atoms with Gasteiger partial charge in [0.1, 0.15) is 5.75 Å². The number of carbonyl (C=O) groups is 2. The normalized spacial score (nSPS) is 19.4. The van der Waals surface area contributed by atoms with Gasteiger partial charge in [-0.3, -0.25) is 9.59 Å². The highest BCUT2D eigenvalue weighted by Crippen LogP contribution is 2.35. The summed E-state index contributed by atoms with van der Waals surface area (Å²) in [6, 6.07) is 7.37. The van der Waals surface area contributed by atoms with E-state index in [9.17, 15) is 9.59 Å². The number of fused-ring (bicyclic) bond motifs is 2. The second-order valence-electron chi connectivity index (χ2n) is 5.77. The second-order valence-corrected chi connectivity index (χ2v) is 6.77. The Morgan fingerprint density at radius 1 is 1.39 bits per heavy atom. The van der Waals surface area contributed by atoms with E-state index < -0.39 is 0 Å². The molecule has 2 aliphatic rings. The Hall–Kier alpha value is -2.34. The predicted molar refractivity (Wildman–Crippen MR) is 88.0 cm³/mol. The zero-order chi connectivity index (χ0) is 16.0. The lowest BCUT2D eigenvalue weighted by molar-refractivity contribution is -0.118. The maximum absolute atomic E-state index is 12.9. The van der Waals surface area contributed by atoms with Crippen LogP contribution in [0.5, 0.6) is 5.75 Å². The van der Waals surface area contributed by atoms with Crippen LogP contribution in [0.3, 0.4) is 0 Å². The van der Waals surface area contributed by atoms with Crippen LogP contribution >= 0.6 is 11.3 Å². The van der Waals surface area contributed by atoms with E-state index in [0.29, 0.717) is 23.5 Å². The molecule has 2 aliphatic heterocycles. The van der Waals surface area contributed by atoms with Crippen LogP contribution in [0.15, 0.2) is 29.6 Å². The van der Waals surface area contributed by atoms with E-state index in [1.165, 1.54) is 10.4 Å². The molecule has 1 aromatic carbocycles. The van der Waals surface area contributed by atoms with Gasteiger partial charge in [-0.25, -0.2) is 0 Å². The molecule has 0 radical (unpaired) electrons. The van der Waals surface area contributed by atoms with Gasteiger partial charge in [0.25, 0.3) is 11.8 Å². The Bertz CT molecular complexity index is 799. The van der Waals surface area contributed by atoms with Gasteiger partial charge in [-0.05, 0) is 48.6 Å². The molecular weight excluding hydrogens is 312 g/mol. The average molecular weight is 328 g/mol. The SMILES string of the molecule is CC1c2ccsc2CCN1C(=O)c1ccc2c(c1)NC(=O)CO2. The molecule has 2 amide bonds. The number of hydrogen-bond donors (Lipinski definition) is 1. The van der Waals surface area contributed by atoms with Gasteiger partial charge in [-0.1, -0.05) is 0 Å². The second kappa shape index (κ2) is 5.38. The minimum absolute atomic E-state index is 0.0167.